The first kappa shape index (κ1) is 11.7. The van der Waals surface area contributed by atoms with Crippen LogP contribution in [0.25, 0.3) is 11.3 Å². The Morgan fingerprint density at radius 2 is 2.00 bits per heavy atom. The number of benzene rings is 1. The van der Waals surface area contributed by atoms with Crippen molar-refractivity contribution in [2.45, 2.75) is 0 Å². The van der Waals surface area contributed by atoms with Gasteiger partial charge in [-0.3, -0.25) is 0 Å². The topological polar surface area (TPSA) is 44.2 Å². The van der Waals surface area contributed by atoms with E-state index in [0.717, 1.165) is 11.3 Å². The maximum Gasteiger partial charge on any atom is 0.128 e. The normalized spacial score (nSPS) is 10.1. The van der Waals surface area contributed by atoms with E-state index in [9.17, 15) is 0 Å². The zero-order valence-corrected chi connectivity index (χ0v) is 10.2. The predicted molar refractivity (Wildman–Crippen MR) is 65.6 cm³/mol. The molecule has 0 saturated heterocycles. The van der Waals surface area contributed by atoms with Gasteiger partial charge in [0.25, 0.3) is 0 Å². The molecule has 0 aliphatic heterocycles. The molecule has 0 radical (unpaired) electrons. The first-order valence-electron chi connectivity index (χ1n) is 4.94. The molecule has 0 bridgehead atoms. The number of aromatic nitrogens is 2. The fourth-order valence-electron chi connectivity index (χ4n) is 1.51. The minimum Gasteiger partial charge on any atom is -0.497 e. The van der Waals surface area contributed by atoms with Crippen LogP contribution in [-0.4, -0.2) is 24.2 Å². The van der Waals surface area contributed by atoms with Crippen LogP contribution < -0.4 is 9.47 Å². The standard InChI is InChI=1S/C12H11ClN2O2/c1-16-8-3-4-11(17-2)9(5-8)12-10(13)6-14-7-15-12/h3-7H,1-2H3. The average molecular weight is 251 g/mol. The molecule has 5 heteroatoms. The lowest BCUT2D eigenvalue weighted by molar-refractivity contribution is 0.404. The van der Waals surface area contributed by atoms with Crippen molar-refractivity contribution in [3.8, 4) is 22.8 Å². The molecule has 0 saturated carbocycles. The second-order valence-corrected chi connectivity index (χ2v) is 3.69. The Morgan fingerprint density at radius 1 is 1.18 bits per heavy atom. The van der Waals surface area contributed by atoms with Crippen LogP contribution in [0.2, 0.25) is 5.02 Å². The summed E-state index contributed by atoms with van der Waals surface area (Å²) in [5, 5.41) is 0.471. The minimum absolute atomic E-state index is 0.471. The summed E-state index contributed by atoms with van der Waals surface area (Å²) in [6.45, 7) is 0. The van der Waals surface area contributed by atoms with Gasteiger partial charge in [-0.2, -0.15) is 0 Å². The van der Waals surface area contributed by atoms with Gasteiger partial charge in [0.2, 0.25) is 0 Å². The van der Waals surface area contributed by atoms with Crippen molar-refractivity contribution in [2.75, 3.05) is 14.2 Å². The van der Waals surface area contributed by atoms with E-state index in [2.05, 4.69) is 9.97 Å². The van der Waals surface area contributed by atoms with Gasteiger partial charge in [0.15, 0.2) is 0 Å². The van der Waals surface area contributed by atoms with Crippen molar-refractivity contribution in [3.63, 3.8) is 0 Å². The van der Waals surface area contributed by atoms with Gasteiger partial charge in [-0.1, -0.05) is 11.6 Å². The summed E-state index contributed by atoms with van der Waals surface area (Å²) in [5.41, 5.74) is 1.40. The number of rotatable bonds is 3. The van der Waals surface area contributed by atoms with E-state index in [1.165, 1.54) is 6.33 Å². The summed E-state index contributed by atoms with van der Waals surface area (Å²) in [6.07, 6.45) is 2.99. The first-order valence-corrected chi connectivity index (χ1v) is 5.32. The Morgan fingerprint density at radius 3 is 2.65 bits per heavy atom. The lowest BCUT2D eigenvalue weighted by Gasteiger charge is -2.10. The fourth-order valence-corrected chi connectivity index (χ4v) is 1.72. The Labute approximate surface area is 104 Å². The summed E-state index contributed by atoms with van der Waals surface area (Å²) < 4.78 is 10.5. The van der Waals surface area contributed by atoms with E-state index in [1.807, 2.05) is 18.2 Å². The van der Waals surface area contributed by atoms with Crippen LogP contribution in [0, 0.1) is 0 Å². The summed E-state index contributed by atoms with van der Waals surface area (Å²) in [4.78, 5) is 8.01. The van der Waals surface area contributed by atoms with Crippen molar-refractivity contribution in [2.24, 2.45) is 0 Å². The summed E-state index contributed by atoms with van der Waals surface area (Å²) in [7, 11) is 3.20. The zero-order chi connectivity index (χ0) is 12.3. The van der Waals surface area contributed by atoms with Gasteiger partial charge < -0.3 is 9.47 Å². The summed E-state index contributed by atoms with van der Waals surface area (Å²) in [6, 6.07) is 5.46. The molecule has 0 spiro atoms. The SMILES string of the molecule is COc1ccc(OC)c(-c2ncncc2Cl)c1. The van der Waals surface area contributed by atoms with Gasteiger partial charge >= 0.3 is 0 Å². The van der Waals surface area contributed by atoms with Crippen LogP contribution in [0.15, 0.2) is 30.7 Å². The van der Waals surface area contributed by atoms with E-state index in [-0.39, 0.29) is 0 Å². The second-order valence-electron chi connectivity index (χ2n) is 3.29. The zero-order valence-electron chi connectivity index (χ0n) is 9.48. The van der Waals surface area contributed by atoms with Gasteiger partial charge in [-0.25, -0.2) is 9.97 Å². The molecule has 0 atom stereocenters. The van der Waals surface area contributed by atoms with Gasteiger partial charge in [-0.15, -0.1) is 0 Å². The molecule has 0 fully saturated rings. The van der Waals surface area contributed by atoms with E-state index in [0.29, 0.717) is 16.5 Å². The van der Waals surface area contributed by atoms with E-state index < -0.39 is 0 Å². The maximum absolute atomic E-state index is 6.06. The highest BCUT2D eigenvalue weighted by Gasteiger charge is 2.12. The Hall–Kier alpha value is -1.81. The third-order valence-electron chi connectivity index (χ3n) is 2.33. The highest BCUT2D eigenvalue weighted by atomic mass is 35.5. The molecule has 17 heavy (non-hydrogen) atoms. The number of hydrogen-bond acceptors (Lipinski definition) is 4. The molecule has 1 aromatic heterocycles. The van der Waals surface area contributed by atoms with Gasteiger partial charge in [0, 0.05) is 11.8 Å². The van der Waals surface area contributed by atoms with Crippen molar-refractivity contribution in [3.05, 3.63) is 35.7 Å². The highest BCUT2D eigenvalue weighted by Crippen LogP contribution is 2.35. The average Bonchev–Trinajstić information content (AvgIpc) is 2.38. The van der Waals surface area contributed by atoms with Crippen LogP contribution in [0.1, 0.15) is 0 Å². The third kappa shape index (κ3) is 2.31. The van der Waals surface area contributed by atoms with E-state index in [4.69, 9.17) is 21.1 Å². The van der Waals surface area contributed by atoms with Gasteiger partial charge in [0.1, 0.15) is 17.8 Å². The Bertz CT molecular complexity index is 532. The van der Waals surface area contributed by atoms with Gasteiger partial charge in [0.05, 0.1) is 24.9 Å². The van der Waals surface area contributed by atoms with Crippen LogP contribution in [-0.2, 0) is 0 Å². The number of halogens is 1. The van der Waals surface area contributed by atoms with E-state index >= 15 is 0 Å². The minimum atomic E-state index is 0.471. The predicted octanol–water partition coefficient (Wildman–Crippen LogP) is 2.81. The van der Waals surface area contributed by atoms with Crippen molar-refractivity contribution in [1.82, 2.24) is 9.97 Å². The molecule has 0 amide bonds. The molecule has 2 aromatic rings. The lowest BCUT2D eigenvalue weighted by Crippen LogP contribution is -1.93. The third-order valence-corrected chi connectivity index (χ3v) is 2.61. The molecular weight excluding hydrogens is 240 g/mol. The van der Waals surface area contributed by atoms with Crippen LogP contribution in [0.3, 0.4) is 0 Å². The van der Waals surface area contributed by atoms with Crippen molar-refractivity contribution < 1.29 is 9.47 Å². The van der Waals surface area contributed by atoms with Crippen LogP contribution in [0.4, 0.5) is 0 Å². The highest BCUT2D eigenvalue weighted by molar-refractivity contribution is 6.32. The van der Waals surface area contributed by atoms with E-state index in [1.54, 1.807) is 20.4 Å². The summed E-state index contributed by atoms with van der Waals surface area (Å²) in [5.74, 6) is 1.40. The Kier molecular flexibility index (Phi) is 3.44. The summed E-state index contributed by atoms with van der Waals surface area (Å²) >= 11 is 6.06. The molecule has 0 aliphatic rings. The second kappa shape index (κ2) is 5.01. The van der Waals surface area contributed by atoms with Crippen LogP contribution >= 0.6 is 11.6 Å². The fraction of sp³-hybridized carbons (Fsp3) is 0.167. The molecule has 1 heterocycles. The van der Waals surface area contributed by atoms with Crippen molar-refractivity contribution >= 4 is 11.6 Å². The molecule has 4 nitrogen and oxygen atoms in total. The van der Waals surface area contributed by atoms with Crippen LogP contribution in [0.5, 0.6) is 11.5 Å². The number of nitrogens with zero attached hydrogens (tertiary/aromatic N) is 2. The molecule has 0 aliphatic carbocycles. The number of ether oxygens (including phenoxy) is 2. The molecular formula is C12H11ClN2O2. The van der Waals surface area contributed by atoms with Gasteiger partial charge in [-0.05, 0) is 18.2 Å². The monoisotopic (exact) mass is 250 g/mol. The largest absolute Gasteiger partial charge is 0.497 e. The smallest absolute Gasteiger partial charge is 0.128 e. The molecule has 2 rings (SSSR count). The first-order chi connectivity index (χ1) is 8.26. The molecule has 88 valence electrons. The number of methoxy groups -OCH3 is 2. The molecule has 1 aromatic carbocycles. The molecule has 0 unspecified atom stereocenters. The number of hydrogen-bond donors (Lipinski definition) is 0. The molecule has 0 N–H and O–H groups in total. The Balaban J connectivity index is 2.60. The lowest BCUT2D eigenvalue weighted by atomic mass is 10.1. The maximum atomic E-state index is 6.06. The van der Waals surface area contributed by atoms with Crippen molar-refractivity contribution in [1.29, 1.82) is 0 Å². The quantitative estimate of drug-likeness (QED) is 0.840.